The highest BCUT2D eigenvalue weighted by Gasteiger charge is 2.05. The van der Waals surface area contributed by atoms with Crippen LogP contribution in [0.15, 0.2) is 11.1 Å². The van der Waals surface area contributed by atoms with Gasteiger partial charge >= 0.3 is 0 Å². The first kappa shape index (κ1) is 13.4. The molecule has 0 fully saturated rings. The van der Waals surface area contributed by atoms with Gasteiger partial charge in [0.1, 0.15) is 0 Å². The predicted molar refractivity (Wildman–Crippen MR) is 72.8 cm³/mol. The summed E-state index contributed by atoms with van der Waals surface area (Å²) in [5, 5.41) is 3.46. The Kier molecular flexibility index (Phi) is 5.71. The summed E-state index contributed by atoms with van der Waals surface area (Å²) in [6.45, 7) is 10.8. The van der Waals surface area contributed by atoms with Crippen LogP contribution in [0, 0.1) is 12.8 Å². The summed E-state index contributed by atoms with van der Waals surface area (Å²) in [5.74, 6) is 0.589. The van der Waals surface area contributed by atoms with Crippen LogP contribution in [0.4, 0.5) is 0 Å². The van der Waals surface area contributed by atoms with Crippen molar-refractivity contribution < 1.29 is 0 Å². The molecule has 0 saturated heterocycles. The third-order valence-electron chi connectivity index (χ3n) is 2.60. The monoisotopic (exact) mass is 238 g/mol. The lowest BCUT2D eigenvalue weighted by Crippen LogP contribution is -2.19. The van der Waals surface area contributed by atoms with Crippen molar-refractivity contribution in [3.8, 4) is 0 Å². The molecule has 2 nitrogen and oxygen atoms in total. The van der Waals surface area contributed by atoms with E-state index in [0.29, 0.717) is 5.92 Å². The van der Waals surface area contributed by atoms with E-state index in [0.717, 1.165) is 18.8 Å². The van der Waals surface area contributed by atoms with E-state index >= 15 is 0 Å². The average Bonchev–Trinajstić information content (AvgIpc) is 2.63. The van der Waals surface area contributed by atoms with Gasteiger partial charge in [-0.05, 0) is 31.9 Å². The molecule has 0 bridgehead atoms. The smallest absolute Gasteiger partial charge is 0.0801 e. The number of rotatable bonds is 6. The topological polar surface area (TPSA) is 24.9 Å². The highest BCUT2D eigenvalue weighted by molar-refractivity contribution is 7.10. The lowest BCUT2D eigenvalue weighted by molar-refractivity contribution is 0.657. The van der Waals surface area contributed by atoms with E-state index in [1.165, 1.54) is 16.9 Å². The molecular weight excluding hydrogens is 216 g/mol. The highest BCUT2D eigenvalue weighted by Crippen LogP contribution is 2.19. The first-order chi connectivity index (χ1) is 7.65. The SMILES string of the molecule is CCCNCC(=Cc1scnc1C)C(C)C. The molecular formula is C13H22N2S. The Balaban J connectivity index is 2.69. The van der Waals surface area contributed by atoms with E-state index in [1.807, 2.05) is 5.51 Å². The molecule has 1 aromatic rings. The van der Waals surface area contributed by atoms with Gasteiger partial charge in [-0.1, -0.05) is 26.3 Å². The predicted octanol–water partition coefficient (Wildman–Crippen LogP) is 3.49. The third kappa shape index (κ3) is 4.06. The summed E-state index contributed by atoms with van der Waals surface area (Å²) in [6, 6.07) is 0. The molecule has 16 heavy (non-hydrogen) atoms. The zero-order chi connectivity index (χ0) is 12.0. The van der Waals surface area contributed by atoms with Crippen LogP contribution in [-0.4, -0.2) is 18.1 Å². The third-order valence-corrected chi connectivity index (χ3v) is 3.47. The summed E-state index contributed by atoms with van der Waals surface area (Å²) in [4.78, 5) is 5.57. The fourth-order valence-electron chi connectivity index (χ4n) is 1.45. The van der Waals surface area contributed by atoms with Crippen LogP contribution in [-0.2, 0) is 0 Å². The Morgan fingerprint density at radius 2 is 2.31 bits per heavy atom. The van der Waals surface area contributed by atoms with Gasteiger partial charge < -0.3 is 5.32 Å². The van der Waals surface area contributed by atoms with Crippen LogP contribution in [0.1, 0.15) is 37.8 Å². The zero-order valence-corrected chi connectivity index (χ0v) is 11.5. The van der Waals surface area contributed by atoms with Gasteiger partial charge in [0.15, 0.2) is 0 Å². The number of aryl methyl sites for hydroxylation is 1. The molecule has 1 aromatic heterocycles. The van der Waals surface area contributed by atoms with Crippen LogP contribution in [0.25, 0.3) is 6.08 Å². The first-order valence-corrected chi connectivity index (χ1v) is 6.84. The van der Waals surface area contributed by atoms with Gasteiger partial charge in [-0.25, -0.2) is 4.98 Å². The van der Waals surface area contributed by atoms with Gasteiger partial charge in [0, 0.05) is 11.4 Å². The van der Waals surface area contributed by atoms with E-state index in [4.69, 9.17) is 0 Å². The molecule has 1 rings (SSSR count). The Morgan fingerprint density at radius 3 is 2.81 bits per heavy atom. The summed E-state index contributed by atoms with van der Waals surface area (Å²) in [5.41, 5.74) is 4.51. The molecule has 0 amide bonds. The lowest BCUT2D eigenvalue weighted by Gasteiger charge is -2.12. The van der Waals surface area contributed by atoms with Crippen LogP contribution < -0.4 is 5.32 Å². The fourth-order valence-corrected chi connectivity index (χ4v) is 2.22. The summed E-state index contributed by atoms with van der Waals surface area (Å²) in [7, 11) is 0. The molecule has 0 aliphatic carbocycles. The van der Waals surface area contributed by atoms with Crippen LogP contribution in [0.3, 0.4) is 0 Å². The number of thiazole rings is 1. The van der Waals surface area contributed by atoms with Gasteiger partial charge in [0.2, 0.25) is 0 Å². The number of hydrogen-bond donors (Lipinski definition) is 1. The van der Waals surface area contributed by atoms with Crippen molar-refractivity contribution in [2.75, 3.05) is 13.1 Å². The second kappa shape index (κ2) is 6.81. The van der Waals surface area contributed by atoms with Crippen molar-refractivity contribution >= 4 is 17.4 Å². The van der Waals surface area contributed by atoms with E-state index in [1.54, 1.807) is 11.3 Å². The van der Waals surface area contributed by atoms with Crippen molar-refractivity contribution in [3.05, 3.63) is 21.7 Å². The molecule has 0 atom stereocenters. The summed E-state index contributed by atoms with van der Waals surface area (Å²) < 4.78 is 0. The fraction of sp³-hybridized carbons (Fsp3) is 0.615. The van der Waals surface area contributed by atoms with Crippen LogP contribution in [0.2, 0.25) is 0 Å². The minimum Gasteiger partial charge on any atom is -0.313 e. The molecule has 0 aliphatic heterocycles. The van der Waals surface area contributed by atoms with E-state index in [9.17, 15) is 0 Å². The molecule has 0 spiro atoms. The molecule has 0 aromatic carbocycles. The van der Waals surface area contributed by atoms with Gasteiger partial charge in [0.25, 0.3) is 0 Å². The number of hydrogen-bond acceptors (Lipinski definition) is 3. The van der Waals surface area contributed by atoms with Crippen LogP contribution >= 0.6 is 11.3 Å². The number of aromatic nitrogens is 1. The maximum absolute atomic E-state index is 4.28. The lowest BCUT2D eigenvalue weighted by atomic mass is 10.0. The Labute approximate surface area is 103 Å². The Bertz CT molecular complexity index is 339. The normalized spacial score (nSPS) is 12.4. The summed E-state index contributed by atoms with van der Waals surface area (Å²) >= 11 is 1.72. The maximum atomic E-state index is 4.28. The Hall–Kier alpha value is -0.670. The summed E-state index contributed by atoms with van der Waals surface area (Å²) in [6.07, 6.45) is 3.48. The molecule has 1 N–H and O–H groups in total. The maximum Gasteiger partial charge on any atom is 0.0801 e. The minimum atomic E-state index is 0.589. The minimum absolute atomic E-state index is 0.589. The van der Waals surface area contributed by atoms with E-state index in [2.05, 4.69) is 44.1 Å². The van der Waals surface area contributed by atoms with Crippen molar-refractivity contribution in [2.24, 2.45) is 5.92 Å². The van der Waals surface area contributed by atoms with Gasteiger partial charge in [-0.2, -0.15) is 0 Å². The number of nitrogens with one attached hydrogen (secondary N) is 1. The number of nitrogens with zero attached hydrogens (tertiary/aromatic N) is 1. The molecule has 3 heteroatoms. The van der Waals surface area contributed by atoms with Crippen molar-refractivity contribution in [3.63, 3.8) is 0 Å². The molecule has 1 heterocycles. The highest BCUT2D eigenvalue weighted by atomic mass is 32.1. The molecule has 0 unspecified atom stereocenters. The Morgan fingerprint density at radius 1 is 1.56 bits per heavy atom. The van der Waals surface area contributed by atoms with E-state index < -0.39 is 0 Å². The first-order valence-electron chi connectivity index (χ1n) is 5.96. The standard InChI is InChI=1S/C13H22N2S/c1-5-6-14-8-12(10(2)3)7-13-11(4)15-9-16-13/h7,9-10,14H,5-6,8H2,1-4H3. The largest absolute Gasteiger partial charge is 0.313 e. The van der Waals surface area contributed by atoms with E-state index in [-0.39, 0.29) is 0 Å². The molecule has 0 aliphatic rings. The van der Waals surface area contributed by atoms with Crippen molar-refractivity contribution in [2.45, 2.75) is 34.1 Å². The molecule has 0 saturated carbocycles. The van der Waals surface area contributed by atoms with Crippen LogP contribution in [0.5, 0.6) is 0 Å². The average molecular weight is 238 g/mol. The van der Waals surface area contributed by atoms with Gasteiger partial charge in [0.05, 0.1) is 11.2 Å². The van der Waals surface area contributed by atoms with Gasteiger partial charge in [-0.3, -0.25) is 0 Å². The van der Waals surface area contributed by atoms with Crippen molar-refractivity contribution in [1.29, 1.82) is 0 Å². The second-order valence-electron chi connectivity index (χ2n) is 4.35. The van der Waals surface area contributed by atoms with Gasteiger partial charge in [-0.15, -0.1) is 11.3 Å². The van der Waals surface area contributed by atoms with Crippen molar-refractivity contribution in [1.82, 2.24) is 10.3 Å². The zero-order valence-electron chi connectivity index (χ0n) is 10.7. The molecule has 0 radical (unpaired) electrons. The quantitative estimate of drug-likeness (QED) is 0.767. The molecule has 90 valence electrons. The second-order valence-corrected chi connectivity index (χ2v) is 5.24.